The van der Waals surface area contributed by atoms with Gasteiger partial charge in [0, 0.05) is 11.6 Å². The lowest BCUT2D eigenvalue weighted by atomic mass is 9.97. The Morgan fingerprint density at radius 2 is 1.94 bits per heavy atom. The molecule has 88 valence electrons. The molecule has 1 aliphatic carbocycles. The Morgan fingerprint density at radius 3 is 2.44 bits per heavy atom. The topological polar surface area (TPSA) is 29.5 Å². The molecule has 0 heterocycles. The highest BCUT2D eigenvalue weighted by Gasteiger charge is 2.43. The maximum atomic E-state index is 12.2. The molecular formula is C11H11F3O2. The molecule has 2 rings (SSSR count). The van der Waals surface area contributed by atoms with E-state index in [0.29, 0.717) is 5.56 Å². The Balaban J connectivity index is 2.37. The van der Waals surface area contributed by atoms with Gasteiger partial charge in [0.2, 0.25) is 0 Å². The average Bonchev–Trinajstić information content (AvgIpc) is 2.81. The number of hydrogen-bond donors (Lipinski definition) is 1. The number of rotatable bonds is 2. The van der Waals surface area contributed by atoms with Crippen LogP contribution in [0.5, 0.6) is 11.5 Å². The molecule has 0 spiro atoms. The maximum Gasteiger partial charge on any atom is 0.573 e. The molecular weight excluding hydrogens is 221 g/mol. The van der Waals surface area contributed by atoms with E-state index < -0.39 is 6.36 Å². The minimum absolute atomic E-state index is 0.229. The molecule has 0 atom stereocenters. The summed E-state index contributed by atoms with van der Waals surface area (Å²) in [5, 5.41) is 9.17. The molecule has 1 aliphatic rings. The van der Waals surface area contributed by atoms with Gasteiger partial charge in [-0.15, -0.1) is 13.2 Å². The van der Waals surface area contributed by atoms with Crippen molar-refractivity contribution in [3.8, 4) is 11.5 Å². The highest BCUT2D eigenvalue weighted by atomic mass is 19.4. The number of benzene rings is 1. The number of hydrogen-bond acceptors (Lipinski definition) is 2. The molecule has 1 aromatic rings. The first-order valence-corrected chi connectivity index (χ1v) is 4.89. The molecule has 0 aromatic heterocycles. The zero-order chi connectivity index (χ0) is 12.0. The van der Waals surface area contributed by atoms with Crippen molar-refractivity contribution in [2.75, 3.05) is 0 Å². The third-order valence-electron chi connectivity index (χ3n) is 2.84. The van der Waals surface area contributed by atoms with Crippen molar-refractivity contribution in [2.45, 2.75) is 31.5 Å². The Kier molecular flexibility index (Phi) is 2.29. The molecule has 1 N–H and O–H groups in total. The van der Waals surface area contributed by atoms with Gasteiger partial charge in [0.05, 0.1) is 0 Å². The average molecular weight is 232 g/mol. The Hall–Kier alpha value is -1.39. The number of ether oxygens (including phenoxy) is 1. The number of alkyl halides is 3. The summed E-state index contributed by atoms with van der Waals surface area (Å²) in [4.78, 5) is 0. The zero-order valence-corrected chi connectivity index (χ0v) is 8.64. The van der Waals surface area contributed by atoms with Crippen molar-refractivity contribution >= 4 is 0 Å². The summed E-state index contributed by atoms with van der Waals surface area (Å²) in [6.45, 7) is 1.88. The molecule has 0 bridgehead atoms. The predicted octanol–water partition coefficient (Wildman–Crippen LogP) is 3.34. The van der Waals surface area contributed by atoms with Crippen molar-refractivity contribution < 1.29 is 23.0 Å². The van der Waals surface area contributed by atoms with E-state index in [1.165, 1.54) is 12.1 Å². The van der Waals surface area contributed by atoms with Crippen LogP contribution in [0.3, 0.4) is 0 Å². The van der Waals surface area contributed by atoms with E-state index in [4.69, 9.17) is 0 Å². The standard InChI is InChI=1S/C11H11F3O2/c1-10(4-5-10)8-3-2-7(15)6-9(8)16-11(12,13)14/h2-3,6,15H,4-5H2,1H3. The van der Waals surface area contributed by atoms with Gasteiger partial charge in [0.25, 0.3) is 0 Å². The van der Waals surface area contributed by atoms with Gasteiger partial charge in [0.1, 0.15) is 11.5 Å². The summed E-state index contributed by atoms with van der Waals surface area (Å²) in [6.07, 6.45) is -3.05. The summed E-state index contributed by atoms with van der Waals surface area (Å²) in [5.41, 5.74) is 0.261. The summed E-state index contributed by atoms with van der Waals surface area (Å²) in [6, 6.07) is 3.87. The summed E-state index contributed by atoms with van der Waals surface area (Å²) >= 11 is 0. The van der Waals surface area contributed by atoms with Crippen molar-refractivity contribution in [3.63, 3.8) is 0 Å². The van der Waals surface area contributed by atoms with Gasteiger partial charge in [-0.25, -0.2) is 0 Å². The first-order chi connectivity index (χ1) is 7.30. The molecule has 0 aliphatic heterocycles. The van der Waals surface area contributed by atoms with E-state index in [1.807, 2.05) is 6.92 Å². The van der Waals surface area contributed by atoms with Crippen LogP contribution >= 0.6 is 0 Å². The quantitative estimate of drug-likeness (QED) is 0.847. The van der Waals surface area contributed by atoms with Crippen LogP contribution in [0, 0.1) is 0 Å². The summed E-state index contributed by atoms with van der Waals surface area (Å²) in [7, 11) is 0. The van der Waals surface area contributed by atoms with Crippen LogP contribution in [0.25, 0.3) is 0 Å². The van der Waals surface area contributed by atoms with E-state index in [2.05, 4.69) is 4.74 Å². The minimum Gasteiger partial charge on any atom is -0.508 e. The van der Waals surface area contributed by atoms with Crippen LogP contribution < -0.4 is 4.74 Å². The lowest BCUT2D eigenvalue weighted by Gasteiger charge is -2.17. The minimum atomic E-state index is -4.73. The Bertz CT molecular complexity index is 408. The number of phenols is 1. The molecule has 16 heavy (non-hydrogen) atoms. The lowest BCUT2D eigenvalue weighted by Crippen LogP contribution is -2.19. The number of halogens is 3. The van der Waals surface area contributed by atoms with Crippen LogP contribution in [0.15, 0.2) is 18.2 Å². The maximum absolute atomic E-state index is 12.2. The molecule has 0 saturated heterocycles. The predicted molar refractivity (Wildman–Crippen MR) is 51.4 cm³/mol. The van der Waals surface area contributed by atoms with Crippen molar-refractivity contribution in [3.05, 3.63) is 23.8 Å². The fraction of sp³-hybridized carbons (Fsp3) is 0.455. The lowest BCUT2D eigenvalue weighted by molar-refractivity contribution is -0.275. The Morgan fingerprint density at radius 1 is 1.31 bits per heavy atom. The number of phenolic OH excluding ortho intramolecular Hbond substituents is 1. The summed E-state index contributed by atoms with van der Waals surface area (Å²) in [5.74, 6) is -0.528. The van der Waals surface area contributed by atoms with Crippen molar-refractivity contribution in [1.82, 2.24) is 0 Å². The van der Waals surface area contributed by atoms with E-state index >= 15 is 0 Å². The van der Waals surface area contributed by atoms with Gasteiger partial charge >= 0.3 is 6.36 Å². The van der Waals surface area contributed by atoms with E-state index in [1.54, 1.807) is 0 Å². The van der Waals surface area contributed by atoms with Gasteiger partial charge in [-0.05, 0) is 24.3 Å². The SMILES string of the molecule is CC1(c2ccc(O)cc2OC(F)(F)F)CC1. The second-order valence-electron chi connectivity index (χ2n) is 4.29. The summed E-state index contributed by atoms with van der Waals surface area (Å²) < 4.78 is 40.4. The molecule has 1 fully saturated rings. The van der Waals surface area contributed by atoms with Crippen LogP contribution in [-0.4, -0.2) is 11.5 Å². The highest BCUT2D eigenvalue weighted by Crippen LogP contribution is 2.51. The third-order valence-corrected chi connectivity index (χ3v) is 2.84. The molecule has 1 saturated carbocycles. The second-order valence-corrected chi connectivity index (χ2v) is 4.29. The Labute approximate surface area is 90.7 Å². The van der Waals surface area contributed by atoms with Crippen LogP contribution in [0.1, 0.15) is 25.3 Å². The first-order valence-electron chi connectivity index (χ1n) is 4.89. The molecule has 2 nitrogen and oxygen atoms in total. The van der Waals surface area contributed by atoms with Crippen LogP contribution in [0.4, 0.5) is 13.2 Å². The second kappa shape index (κ2) is 3.30. The van der Waals surface area contributed by atoms with Crippen molar-refractivity contribution in [1.29, 1.82) is 0 Å². The van der Waals surface area contributed by atoms with Gasteiger partial charge in [-0.3, -0.25) is 0 Å². The third kappa shape index (κ3) is 2.23. The van der Waals surface area contributed by atoms with Gasteiger partial charge in [-0.1, -0.05) is 13.0 Å². The van der Waals surface area contributed by atoms with Gasteiger partial charge in [-0.2, -0.15) is 0 Å². The monoisotopic (exact) mass is 232 g/mol. The molecule has 0 amide bonds. The van der Waals surface area contributed by atoms with Crippen LogP contribution in [-0.2, 0) is 5.41 Å². The fourth-order valence-corrected chi connectivity index (χ4v) is 1.68. The van der Waals surface area contributed by atoms with Crippen molar-refractivity contribution in [2.24, 2.45) is 0 Å². The molecule has 5 heteroatoms. The largest absolute Gasteiger partial charge is 0.573 e. The zero-order valence-electron chi connectivity index (χ0n) is 8.64. The van der Waals surface area contributed by atoms with E-state index in [-0.39, 0.29) is 16.9 Å². The van der Waals surface area contributed by atoms with E-state index in [0.717, 1.165) is 18.9 Å². The van der Waals surface area contributed by atoms with Gasteiger partial charge in [0.15, 0.2) is 0 Å². The van der Waals surface area contributed by atoms with E-state index in [9.17, 15) is 18.3 Å². The number of aromatic hydroxyl groups is 1. The fourth-order valence-electron chi connectivity index (χ4n) is 1.68. The normalized spacial score (nSPS) is 18.2. The van der Waals surface area contributed by atoms with Crippen LogP contribution in [0.2, 0.25) is 0 Å². The molecule has 0 unspecified atom stereocenters. The molecule has 0 radical (unpaired) electrons. The molecule has 1 aromatic carbocycles. The highest BCUT2D eigenvalue weighted by molar-refractivity contribution is 5.46. The van der Waals surface area contributed by atoms with Gasteiger partial charge < -0.3 is 9.84 Å². The first kappa shape index (κ1) is 11.1. The smallest absolute Gasteiger partial charge is 0.508 e.